The molecule has 1 heterocycles. The summed E-state index contributed by atoms with van der Waals surface area (Å²) in [6.07, 6.45) is 0. The third-order valence-electron chi connectivity index (χ3n) is 3.52. The first-order chi connectivity index (χ1) is 12.0. The number of hydrogen-bond acceptors (Lipinski definition) is 5. The summed E-state index contributed by atoms with van der Waals surface area (Å²) in [5.74, 6) is -0.856. The van der Waals surface area contributed by atoms with Crippen molar-refractivity contribution in [1.82, 2.24) is 0 Å². The molecule has 0 radical (unpaired) electrons. The highest BCUT2D eigenvalue weighted by atomic mass is 35.5. The standard InChI is InChI=1S/C18H12ClFO4S/c1-23-12-5-2-10(3-6-12)14(21)9-24-18(22)17-16(19)13-7-4-11(20)8-15(13)25-17/h2-8H,9H2,1H3. The number of fused-ring (bicyclic) bond motifs is 1. The van der Waals surface area contributed by atoms with E-state index < -0.39 is 18.4 Å². The normalized spacial score (nSPS) is 10.7. The topological polar surface area (TPSA) is 52.6 Å². The molecule has 0 amide bonds. The van der Waals surface area contributed by atoms with Gasteiger partial charge in [-0.1, -0.05) is 11.6 Å². The molecule has 0 spiro atoms. The number of methoxy groups -OCH3 is 1. The van der Waals surface area contributed by atoms with Crippen molar-refractivity contribution in [2.45, 2.75) is 0 Å². The lowest BCUT2D eigenvalue weighted by molar-refractivity contribution is 0.0480. The highest BCUT2D eigenvalue weighted by molar-refractivity contribution is 7.21. The number of benzene rings is 2. The summed E-state index contributed by atoms with van der Waals surface area (Å²) >= 11 is 7.18. The number of hydrogen-bond donors (Lipinski definition) is 0. The van der Waals surface area contributed by atoms with E-state index in [0.29, 0.717) is 21.4 Å². The molecule has 0 N–H and O–H groups in total. The molecule has 0 saturated heterocycles. The first-order valence-corrected chi connectivity index (χ1v) is 8.41. The van der Waals surface area contributed by atoms with Gasteiger partial charge >= 0.3 is 5.97 Å². The molecule has 128 valence electrons. The summed E-state index contributed by atoms with van der Waals surface area (Å²) in [5, 5.41) is 0.767. The Hall–Kier alpha value is -2.44. The Morgan fingerprint density at radius 3 is 2.56 bits per heavy atom. The Morgan fingerprint density at radius 1 is 1.16 bits per heavy atom. The van der Waals surface area contributed by atoms with Gasteiger partial charge in [-0.05, 0) is 42.5 Å². The van der Waals surface area contributed by atoms with Crippen molar-refractivity contribution in [2.75, 3.05) is 13.7 Å². The molecule has 0 atom stereocenters. The molecule has 0 saturated carbocycles. The van der Waals surface area contributed by atoms with E-state index in [4.69, 9.17) is 21.1 Å². The third-order valence-corrected chi connectivity index (χ3v) is 5.16. The fourth-order valence-corrected chi connectivity index (χ4v) is 3.65. The molecule has 0 aliphatic carbocycles. The fourth-order valence-electron chi connectivity index (χ4n) is 2.23. The van der Waals surface area contributed by atoms with E-state index in [1.54, 1.807) is 24.3 Å². The Kier molecular flexibility index (Phi) is 5.01. The van der Waals surface area contributed by atoms with Gasteiger partial charge in [0.1, 0.15) is 16.4 Å². The smallest absolute Gasteiger partial charge is 0.350 e. The van der Waals surface area contributed by atoms with Gasteiger partial charge in [0.25, 0.3) is 0 Å². The first-order valence-electron chi connectivity index (χ1n) is 7.21. The van der Waals surface area contributed by atoms with E-state index in [-0.39, 0.29) is 15.7 Å². The van der Waals surface area contributed by atoms with Crippen LogP contribution >= 0.6 is 22.9 Å². The second-order valence-electron chi connectivity index (χ2n) is 5.11. The summed E-state index contributed by atoms with van der Waals surface area (Å²) in [6, 6.07) is 10.5. The summed E-state index contributed by atoms with van der Waals surface area (Å²) in [6.45, 7) is -0.413. The molecule has 0 fully saturated rings. The van der Waals surface area contributed by atoms with Crippen molar-refractivity contribution in [3.8, 4) is 5.75 Å². The van der Waals surface area contributed by atoms with Gasteiger partial charge < -0.3 is 9.47 Å². The minimum atomic E-state index is -0.714. The van der Waals surface area contributed by atoms with Crippen LogP contribution in [0.4, 0.5) is 4.39 Å². The van der Waals surface area contributed by atoms with Crippen LogP contribution in [0.15, 0.2) is 42.5 Å². The second-order valence-corrected chi connectivity index (χ2v) is 6.54. The number of ketones is 1. The molecule has 3 rings (SSSR count). The second kappa shape index (κ2) is 7.21. The average molecular weight is 379 g/mol. The van der Waals surface area contributed by atoms with E-state index in [9.17, 15) is 14.0 Å². The Bertz CT molecular complexity index is 950. The summed E-state index contributed by atoms with van der Waals surface area (Å²) in [5.41, 5.74) is 0.401. The van der Waals surface area contributed by atoms with E-state index in [1.165, 1.54) is 25.3 Å². The number of carbonyl (C=O) groups is 2. The van der Waals surface area contributed by atoms with Crippen LogP contribution in [0.25, 0.3) is 10.1 Å². The summed E-state index contributed by atoms with van der Waals surface area (Å²) in [4.78, 5) is 24.4. The van der Waals surface area contributed by atoms with Crippen LogP contribution < -0.4 is 4.74 Å². The summed E-state index contributed by atoms with van der Waals surface area (Å²) < 4.78 is 23.9. The Labute approximate surface area is 151 Å². The maximum Gasteiger partial charge on any atom is 0.350 e. The summed E-state index contributed by atoms with van der Waals surface area (Å²) in [7, 11) is 1.53. The molecule has 0 aliphatic rings. The molecular formula is C18H12ClFO4S. The van der Waals surface area contributed by atoms with Gasteiger partial charge in [-0.2, -0.15) is 0 Å². The molecule has 3 aromatic rings. The van der Waals surface area contributed by atoms with Crippen LogP contribution in [-0.2, 0) is 4.74 Å². The zero-order valence-corrected chi connectivity index (χ0v) is 14.6. The van der Waals surface area contributed by atoms with Gasteiger partial charge in [-0.25, -0.2) is 9.18 Å². The maximum absolute atomic E-state index is 13.3. The minimum absolute atomic E-state index is 0.143. The molecule has 0 aliphatic heterocycles. The van der Waals surface area contributed by atoms with Crippen LogP contribution in [0, 0.1) is 5.82 Å². The lowest BCUT2D eigenvalue weighted by Crippen LogP contribution is -2.13. The first kappa shape index (κ1) is 17.4. The molecule has 0 unspecified atom stereocenters. The molecule has 2 aromatic carbocycles. The number of rotatable bonds is 5. The van der Waals surface area contributed by atoms with Crippen molar-refractivity contribution in [2.24, 2.45) is 0 Å². The van der Waals surface area contributed by atoms with E-state index in [0.717, 1.165) is 11.3 Å². The largest absolute Gasteiger partial charge is 0.497 e. The van der Waals surface area contributed by atoms with Gasteiger partial charge in [0.05, 0.1) is 12.1 Å². The number of thiophene rings is 1. The van der Waals surface area contributed by atoms with Crippen molar-refractivity contribution >= 4 is 44.8 Å². The van der Waals surface area contributed by atoms with Crippen molar-refractivity contribution in [3.63, 3.8) is 0 Å². The quantitative estimate of drug-likeness (QED) is 0.475. The lowest BCUT2D eigenvalue weighted by atomic mass is 10.1. The van der Waals surface area contributed by atoms with Crippen LogP contribution in [0.3, 0.4) is 0 Å². The van der Waals surface area contributed by atoms with Gasteiger partial charge in [0.2, 0.25) is 0 Å². The Morgan fingerprint density at radius 2 is 1.88 bits per heavy atom. The number of halogens is 2. The molecule has 0 bridgehead atoms. The van der Waals surface area contributed by atoms with E-state index >= 15 is 0 Å². The van der Waals surface area contributed by atoms with Crippen molar-refractivity contribution < 1.29 is 23.5 Å². The monoisotopic (exact) mass is 378 g/mol. The van der Waals surface area contributed by atoms with Crippen LogP contribution in [0.1, 0.15) is 20.0 Å². The molecular weight excluding hydrogens is 367 g/mol. The predicted octanol–water partition coefficient (Wildman–Crippen LogP) is 4.74. The molecule has 1 aromatic heterocycles. The van der Waals surface area contributed by atoms with Crippen LogP contribution in [0.2, 0.25) is 5.02 Å². The Balaban J connectivity index is 1.71. The minimum Gasteiger partial charge on any atom is -0.497 e. The molecule has 25 heavy (non-hydrogen) atoms. The van der Waals surface area contributed by atoms with E-state index in [1.807, 2.05) is 0 Å². The van der Waals surface area contributed by atoms with Gasteiger partial charge in [0.15, 0.2) is 12.4 Å². The van der Waals surface area contributed by atoms with Crippen LogP contribution in [0.5, 0.6) is 5.75 Å². The predicted molar refractivity (Wildman–Crippen MR) is 94.4 cm³/mol. The highest BCUT2D eigenvalue weighted by Gasteiger charge is 2.20. The number of Topliss-reactive ketones (excluding diaryl/α,β-unsaturated/α-hetero) is 1. The zero-order valence-electron chi connectivity index (χ0n) is 13.0. The van der Waals surface area contributed by atoms with Gasteiger partial charge in [-0.15, -0.1) is 11.3 Å². The van der Waals surface area contributed by atoms with Crippen molar-refractivity contribution in [3.05, 3.63) is 63.7 Å². The molecule has 4 nitrogen and oxygen atoms in total. The van der Waals surface area contributed by atoms with Crippen molar-refractivity contribution in [1.29, 1.82) is 0 Å². The van der Waals surface area contributed by atoms with Crippen LogP contribution in [-0.4, -0.2) is 25.5 Å². The fraction of sp³-hybridized carbons (Fsp3) is 0.111. The number of esters is 1. The maximum atomic E-state index is 13.3. The lowest BCUT2D eigenvalue weighted by Gasteiger charge is -2.04. The van der Waals surface area contributed by atoms with Gasteiger partial charge in [0, 0.05) is 15.6 Å². The number of carbonyl (C=O) groups excluding carboxylic acids is 2. The van der Waals surface area contributed by atoms with Gasteiger partial charge in [-0.3, -0.25) is 4.79 Å². The highest BCUT2D eigenvalue weighted by Crippen LogP contribution is 2.36. The zero-order chi connectivity index (χ0) is 18.0. The molecule has 7 heteroatoms. The van der Waals surface area contributed by atoms with E-state index in [2.05, 4.69) is 0 Å². The third kappa shape index (κ3) is 3.65. The average Bonchev–Trinajstić information content (AvgIpc) is 2.95. The number of ether oxygens (including phenoxy) is 2. The SMILES string of the molecule is COc1ccc(C(=O)COC(=O)c2sc3cc(F)ccc3c2Cl)cc1.